The zero-order valence-electron chi connectivity index (χ0n) is 12.7. The zero-order valence-corrected chi connectivity index (χ0v) is 12.7. The first kappa shape index (κ1) is 17.1. The van der Waals surface area contributed by atoms with Gasteiger partial charge in [-0.2, -0.15) is 13.2 Å². The van der Waals surface area contributed by atoms with E-state index in [1.807, 2.05) is 30.3 Å². The predicted octanol–water partition coefficient (Wildman–Crippen LogP) is 4.52. The number of hydrogen-bond donors (Lipinski definition) is 1. The highest BCUT2D eigenvalue weighted by Gasteiger charge is 2.30. The van der Waals surface area contributed by atoms with Crippen LogP contribution in [0.25, 0.3) is 0 Å². The van der Waals surface area contributed by atoms with E-state index < -0.39 is 11.7 Å². The Kier molecular flexibility index (Phi) is 5.42. The van der Waals surface area contributed by atoms with Crippen LogP contribution >= 0.6 is 0 Å². The molecule has 0 heterocycles. The fourth-order valence-corrected chi connectivity index (χ4v) is 2.43. The molecule has 2 aromatic carbocycles. The molecule has 0 aliphatic carbocycles. The third-order valence-electron chi connectivity index (χ3n) is 3.58. The highest BCUT2D eigenvalue weighted by atomic mass is 19.4. The van der Waals surface area contributed by atoms with Gasteiger partial charge in [-0.15, -0.1) is 0 Å². The number of hydrogen-bond acceptors (Lipinski definition) is 1. The maximum Gasteiger partial charge on any atom is 0.416 e. The molecule has 0 bridgehead atoms. The van der Waals surface area contributed by atoms with Crippen LogP contribution in [0.3, 0.4) is 0 Å². The van der Waals surface area contributed by atoms with Gasteiger partial charge in [-0.3, -0.25) is 4.79 Å². The molecule has 5 heteroatoms. The summed E-state index contributed by atoms with van der Waals surface area (Å²) in [5.41, 5.74) is 1.10. The number of benzene rings is 2. The summed E-state index contributed by atoms with van der Waals surface area (Å²) in [6, 6.07) is 14.4. The third kappa shape index (κ3) is 5.13. The van der Waals surface area contributed by atoms with Crippen LogP contribution in [0.15, 0.2) is 54.6 Å². The fourth-order valence-electron chi connectivity index (χ4n) is 2.43. The Morgan fingerprint density at radius 2 is 1.65 bits per heavy atom. The Balaban J connectivity index is 2.12. The van der Waals surface area contributed by atoms with Crippen molar-refractivity contribution in [2.75, 3.05) is 0 Å². The van der Waals surface area contributed by atoms with Crippen molar-refractivity contribution in [1.29, 1.82) is 0 Å². The molecular weight excluding hydrogens is 303 g/mol. The van der Waals surface area contributed by atoms with Gasteiger partial charge in [0.2, 0.25) is 5.91 Å². The summed E-state index contributed by atoms with van der Waals surface area (Å²) in [5, 5.41) is 2.80. The van der Waals surface area contributed by atoms with Gasteiger partial charge in [-0.25, -0.2) is 0 Å². The van der Waals surface area contributed by atoms with Crippen LogP contribution in [0.2, 0.25) is 0 Å². The van der Waals surface area contributed by atoms with Crippen LogP contribution in [0.4, 0.5) is 13.2 Å². The van der Waals surface area contributed by atoms with Crippen molar-refractivity contribution in [3.05, 3.63) is 71.3 Å². The minimum absolute atomic E-state index is 0.206. The summed E-state index contributed by atoms with van der Waals surface area (Å²) in [4.78, 5) is 11.4. The van der Waals surface area contributed by atoms with Gasteiger partial charge in [0, 0.05) is 6.92 Å². The van der Waals surface area contributed by atoms with Crippen molar-refractivity contribution in [1.82, 2.24) is 5.32 Å². The van der Waals surface area contributed by atoms with Gasteiger partial charge in [0.15, 0.2) is 0 Å². The molecule has 0 aromatic heterocycles. The number of amides is 1. The fraction of sp³-hybridized carbons (Fsp3) is 0.278. The van der Waals surface area contributed by atoms with E-state index in [1.165, 1.54) is 19.1 Å². The summed E-state index contributed by atoms with van der Waals surface area (Å²) in [6.07, 6.45) is -3.01. The average molecular weight is 321 g/mol. The number of alkyl halides is 3. The van der Waals surface area contributed by atoms with Gasteiger partial charge < -0.3 is 5.32 Å². The van der Waals surface area contributed by atoms with Crippen molar-refractivity contribution in [3.8, 4) is 0 Å². The molecule has 0 saturated heterocycles. The molecule has 0 spiro atoms. The van der Waals surface area contributed by atoms with Crippen molar-refractivity contribution in [2.24, 2.45) is 0 Å². The van der Waals surface area contributed by atoms with Crippen LogP contribution < -0.4 is 5.32 Å². The normalized spacial score (nSPS) is 12.7. The maximum atomic E-state index is 12.6. The molecule has 0 aliphatic heterocycles. The summed E-state index contributed by atoms with van der Waals surface area (Å²) in [6.45, 7) is 1.40. The molecule has 23 heavy (non-hydrogen) atoms. The molecule has 0 saturated carbocycles. The average Bonchev–Trinajstić information content (AvgIpc) is 2.51. The topological polar surface area (TPSA) is 29.1 Å². The van der Waals surface area contributed by atoms with Crippen molar-refractivity contribution < 1.29 is 18.0 Å². The van der Waals surface area contributed by atoms with Crippen LogP contribution in [0.5, 0.6) is 0 Å². The number of halogens is 3. The molecule has 2 aromatic rings. The van der Waals surface area contributed by atoms with Crippen LogP contribution in [-0.4, -0.2) is 5.91 Å². The van der Waals surface area contributed by atoms with Crippen molar-refractivity contribution in [2.45, 2.75) is 32.0 Å². The van der Waals surface area contributed by atoms with Crippen LogP contribution in [0, 0.1) is 0 Å². The van der Waals surface area contributed by atoms with Crippen LogP contribution in [-0.2, 0) is 17.4 Å². The minimum atomic E-state index is -4.36. The molecule has 0 radical (unpaired) electrons. The Hall–Kier alpha value is -2.30. The number of nitrogens with one attached hydrogen (secondary N) is 1. The number of rotatable bonds is 5. The van der Waals surface area contributed by atoms with Crippen LogP contribution in [0.1, 0.15) is 36.1 Å². The first-order chi connectivity index (χ1) is 10.9. The molecule has 0 fully saturated rings. The summed E-state index contributed by atoms with van der Waals surface area (Å²) in [7, 11) is 0. The standard InChI is InChI=1S/C18H18F3NO/c1-13(23)22-17(12-7-14-5-3-2-4-6-14)15-8-10-16(11-9-15)18(19,20)21/h2-6,8-11,17H,7,12H2,1H3,(H,22,23)/t17-/m1/s1. The van der Waals surface area contributed by atoms with E-state index >= 15 is 0 Å². The van der Waals surface area contributed by atoms with Gasteiger partial charge >= 0.3 is 6.18 Å². The quantitative estimate of drug-likeness (QED) is 0.862. The lowest BCUT2D eigenvalue weighted by molar-refractivity contribution is -0.137. The summed E-state index contributed by atoms with van der Waals surface area (Å²) >= 11 is 0. The van der Waals surface area contributed by atoms with Crippen molar-refractivity contribution >= 4 is 5.91 Å². The van der Waals surface area contributed by atoms with E-state index in [0.717, 1.165) is 24.1 Å². The van der Waals surface area contributed by atoms with E-state index in [4.69, 9.17) is 0 Å². The Morgan fingerprint density at radius 1 is 1.04 bits per heavy atom. The molecule has 0 unspecified atom stereocenters. The second kappa shape index (κ2) is 7.31. The lowest BCUT2D eigenvalue weighted by Crippen LogP contribution is -2.26. The Labute approximate surface area is 133 Å². The molecule has 1 atom stereocenters. The van der Waals surface area contributed by atoms with E-state index in [2.05, 4.69) is 5.32 Å². The SMILES string of the molecule is CC(=O)N[C@H](CCc1ccccc1)c1ccc(C(F)(F)F)cc1. The lowest BCUT2D eigenvalue weighted by atomic mass is 9.98. The Morgan fingerprint density at radius 3 is 2.17 bits per heavy atom. The van der Waals surface area contributed by atoms with Gasteiger partial charge in [-0.1, -0.05) is 42.5 Å². The third-order valence-corrected chi connectivity index (χ3v) is 3.58. The molecule has 122 valence electrons. The second-order valence-electron chi connectivity index (χ2n) is 5.40. The Bertz CT molecular complexity index is 636. The number of carbonyl (C=O) groups is 1. The highest BCUT2D eigenvalue weighted by Crippen LogP contribution is 2.30. The minimum Gasteiger partial charge on any atom is -0.350 e. The van der Waals surface area contributed by atoms with E-state index in [1.54, 1.807) is 0 Å². The number of carbonyl (C=O) groups excluding carboxylic acids is 1. The monoisotopic (exact) mass is 321 g/mol. The molecule has 1 amide bonds. The van der Waals surface area contributed by atoms with Gasteiger partial charge in [-0.05, 0) is 36.1 Å². The summed E-state index contributed by atoms with van der Waals surface area (Å²) in [5.74, 6) is -0.206. The maximum absolute atomic E-state index is 12.6. The van der Waals surface area contributed by atoms with E-state index in [9.17, 15) is 18.0 Å². The second-order valence-corrected chi connectivity index (χ2v) is 5.40. The van der Waals surface area contributed by atoms with E-state index in [0.29, 0.717) is 12.0 Å². The van der Waals surface area contributed by atoms with Crippen molar-refractivity contribution in [3.63, 3.8) is 0 Å². The molecular formula is C18H18F3NO. The zero-order chi connectivity index (χ0) is 16.9. The predicted molar refractivity (Wildman–Crippen MR) is 82.8 cm³/mol. The lowest BCUT2D eigenvalue weighted by Gasteiger charge is -2.19. The molecule has 2 nitrogen and oxygen atoms in total. The largest absolute Gasteiger partial charge is 0.416 e. The molecule has 2 rings (SSSR count). The summed E-state index contributed by atoms with van der Waals surface area (Å²) < 4.78 is 37.9. The highest BCUT2D eigenvalue weighted by molar-refractivity contribution is 5.73. The first-order valence-corrected chi connectivity index (χ1v) is 7.34. The van der Waals surface area contributed by atoms with Gasteiger partial charge in [0.25, 0.3) is 0 Å². The van der Waals surface area contributed by atoms with Gasteiger partial charge in [0.1, 0.15) is 0 Å². The number of aryl methyl sites for hydroxylation is 1. The smallest absolute Gasteiger partial charge is 0.350 e. The van der Waals surface area contributed by atoms with Gasteiger partial charge in [0.05, 0.1) is 11.6 Å². The molecule has 0 aliphatic rings. The molecule has 1 N–H and O–H groups in total. The van der Waals surface area contributed by atoms with E-state index in [-0.39, 0.29) is 11.9 Å². The first-order valence-electron chi connectivity index (χ1n) is 7.34.